The number of para-hydroxylation sites is 1. The van der Waals surface area contributed by atoms with E-state index in [2.05, 4.69) is 20.9 Å². The van der Waals surface area contributed by atoms with Gasteiger partial charge < -0.3 is 19.5 Å². The van der Waals surface area contributed by atoms with E-state index in [4.69, 9.17) is 4.74 Å². The highest BCUT2D eigenvalue weighted by Gasteiger charge is 2.23. The van der Waals surface area contributed by atoms with Crippen molar-refractivity contribution in [2.75, 3.05) is 37.7 Å². The summed E-state index contributed by atoms with van der Waals surface area (Å²) in [5, 5.41) is 0. The fraction of sp³-hybridized carbons (Fsp3) is 0.467. The number of carbonyl (C=O) groups is 1. The van der Waals surface area contributed by atoms with E-state index in [9.17, 15) is 4.79 Å². The SMILES string of the molecule is CCOC(=O)N1CCN(c2cccc3[nH]c(C)nc23)CC1.Cl. The van der Waals surface area contributed by atoms with E-state index in [1.54, 1.807) is 4.90 Å². The third-order valence-electron chi connectivity index (χ3n) is 3.76. The van der Waals surface area contributed by atoms with Gasteiger partial charge in [0.25, 0.3) is 0 Å². The van der Waals surface area contributed by atoms with E-state index >= 15 is 0 Å². The molecule has 0 aliphatic carbocycles. The van der Waals surface area contributed by atoms with Crippen LogP contribution in [0, 0.1) is 6.92 Å². The average molecular weight is 325 g/mol. The lowest BCUT2D eigenvalue weighted by Gasteiger charge is -2.35. The molecule has 22 heavy (non-hydrogen) atoms. The zero-order chi connectivity index (χ0) is 14.8. The van der Waals surface area contributed by atoms with E-state index in [-0.39, 0.29) is 18.5 Å². The van der Waals surface area contributed by atoms with Gasteiger partial charge in [-0.25, -0.2) is 9.78 Å². The Balaban J connectivity index is 0.00000176. The molecule has 1 saturated heterocycles. The first-order chi connectivity index (χ1) is 10.2. The highest BCUT2D eigenvalue weighted by atomic mass is 35.5. The number of aromatic amines is 1. The van der Waals surface area contributed by atoms with E-state index in [0.29, 0.717) is 19.7 Å². The van der Waals surface area contributed by atoms with E-state index in [1.807, 2.05) is 26.0 Å². The molecule has 2 aromatic rings. The van der Waals surface area contributed by atoms with Gasteiger partial charge in [0.05, 0.1) is 17.8 Å². The third-order valence-corrected chi connectivity index (χ3v) is 3.76. The van der Waals surface area contributed by atoms with Crippen LogP contribution >= 0.6 is 12.4 Å². The number of hydrogen-bond acceptors (Lipinski definition) is 4. The molecule has 0 saturated carbocycles. The molecule has 1 aliphatic rings. The molecule has 1 aromatic carbocycles. The van der Waals surface area contributed by atoms with Crippen LogP contribution in [0.4, 0.5) is 10.5 Å². The van der Waals surface area contributed by atoms with Crippen LogP contribution in [0.5, 0.6) is 0 Å². The number of aryl methyl sites for hydroxylation is 1. The summed E-state index contributed by atoms with van der Waals surface area (Å²) in [5.41, 5.74) is 3.18. The monoisotopic (exact) mass is 324 g/mol. The van der Waals surface area contributed by atoms with E-state index in [1.165, 1.54) is 0 Å². The van der Waals surface area contributed by atoms with Crippen LogP contribution in [0.3, 0.4) is 0 Å². The summed E-state index contributed by atoms with van der Waals surface area (Å²) in [4.78, 5) is 23.6. The van der Waals surface area contributed by atoms with Gasteiger partial charge >= 0.3 is 6.09 Å². The first-order valence-electron chi connectivity index (χ1n) is 7.31. The number of ether oxygens (including phenoxy) is 1. The molecule has 0 radical (unpaired) electrons. The first-order valence-corrected chi connectivity index (χ1v) is 7.31. The second-order valence-corrected chi connectivity index (χ2v) is 5.17. The summed E-state index contributed by atoms with van der Waals surface area (Å²) in [6.45, 7) is 7.16. The molecule has 7 heteroatoms. The van der Waals surface area contributed by atoms with Crippen molar-refractivity contribution in [3.05, 3.63) is 24.0 Å². The number of benzene rings is 1. The number of piperazine rings is 1. The number of imidazole rings is 1. The Morgan fingerprint density at radius 3 is 2.73 bits per heavy atom. The Morgan fingerprint density at radius 1 is 1.32 bits per heavy atom. The molecule has 2 heterocycles. The molecule has 1 aromatic heterocycles. The molecule has 1 fully saturated rings. The van der Waals surface area contributed by atoms with E-state index in [0.717, 1.165) is 35.6 Å². The number of halogens is 1. The van der Waals surface area contributed by atoms with Crippen molar-refractivity contribution in [1.29, 1.82) is 0 Å². The number of anilines is 1. The van der Waals surface area contributed by atoms with Crippen LogP contribution in [-0.2, 0) is 4.74 Å². The number of nitrogens with one attached hydrogen (secondary N) is 1. The maximum atomic E-state index is 11.7. The summed E-state index contributed by atoms with van der Waals surface area (Å²) >= 11 is 0. The Morgan fingerprint density at radius 2 is 2.05 bits per heavy atom. The molecule has 1 N–H and O–H groups in total. The second-order valence-electron chi connectivity index (χ2n) is 5.17. The minimum absolute atomic E-state index is 0. The Bertz CT molecular complexity index is 650. The molecule has 0 unspecified atom stereocenters. The average Bonchev–Trinajstić information content (AvgIpc) is 2.87. The van der Waals surface area contributed by atoms with Crippen LogP contribution in [0.15, 0.2) is 18.2 Å². The Labute approximate surface area is 135 Å². The summed E-state index contributed by atoms with van der Waals surface area (Å²) in [7, 11) is 0. The van der Waals surface area contributed by atoms with Crippen LogP contribution in [-0.4, -0.2) is 53.7 Å². The molecule has 1 aliphatic heterocycles. The van der Waals surface area contributed by atoms with Crippen molar-refractivity contribution in [1.82, 2.24) is 14.9 Å². The zero-order valence-corrected chi connectivity index (χ0v) is 13.7. The summed E-state index contributed by atoms with van der Waals surface area (Å²) in [5.74, 6) is 0.919. The molecular formula is C15H21ClN4O2. The van der Waals surface area contributed by atoms with Crippen molar-refractivity contribution in [2.24, 2.45) is 0 Å². The van der Waals surface area contributed by atoms with Crippen molar-refractivity contribution in [3.8, 4) is 0 Å². The Kier molecular flexibility index (Phi) is 5.13. The number of H-pyrrole nitrogens is 1. The standard InChI is InChI=1S/C15H20N4O2.ClH/c1-3-21-15(20)19-9-7-18(8-10-19)13-6-4-5-12-14(13)17-11(2)16-12;/h4-6H,3,7-10H2,1-2H3,(H,16,17);1H. The minimum atomic E-state index is -0.217. The smallest absolute Gasteiger partial charge is 0.409 e. The number of carbonyl (C=O) groups excluding carboxylic acids is 1. The lowest BCUT2D eigenvalue weighted by Crippen LogP contribution is -2.49. The van der Waals surface area contributed by atoms with Gasteiger partial charge in [-0.15, -0.1) is 12.4 Å². The molecule has 120 valence electrons. The maximum Gasteiger partial charge on any atom is 0.409 e. The van der Waals surface area contributed by atoms with Gasteiger partial charge in [-0.1, -0.05) is 6.07 Å². The van der Waals surface area contributed by atoms with Gasteiger partial charge in [-0.3, -0.25) is 0 Å². The van der Waals surface area contributed by atoms with Crippen LogP contribution in [0.25, 0.3) is 11.0 Å². The van der Waals surface area contributed by atoms with Crippen molar-refractivity contribution >= 4 is 35.2 Å². The molecule has 0 atom stereocenters. The quantitative estimate of drug-likeness (QED) is 0.922. The fourth-order valence-corrected chi connectivity index (χ4v) is 2.74. The lowest BCUT2D eigenvalue weighted by molar-refractivity contribution is 0.105. The first kappa shape index (κ1) is 16.4. The molecule has 1 amide bonds. The molecule has 0 spiro atoms. The lowest BCUT2D eigenvalue weighted by atomic mass is 10.2. The fourth-order valence-electron chi connectivity index (χ4n) is 2.74. The van der Waals surface area contributed by atoms with Gasteiger partial charge in [0.15, 0.2) is 0 Å². The molecule has 6 nitrogen and oxygen atoms in total. The molecular weight excluding hydrogens is 304 g/mol. The van der Waals surface area contributed by atoms with E-state index < -0.39 is 0 Å². The summed E-state index contributed by atoms with van der Waals surface area (Å²) in [6.07, 6.45) is -0.217. The largest absolute Gasteiger partial charge is 0.450 e. The van der Waals surface area contributed by atoms with Gasteiger partial charge in [-0.05, 0) is 26.0 Å². The number of nitrogens with zero attached hydrogens (tertiary/aromatic N) is 3. The normalized spacial score (nSPS) is 14.8. The van der Waals surface area contributed by atoms with Gasteiger partial charge in [-0.2, -0.15) is 0 Å². The number of aromatic nitrogens is 2. The minimum Gasteiger partial charge on any atom is -0.450 e. The number of amides is 1. The van der Waals surface area contributed by atoms with Gasteiger partial charge in [0, 0.05) is 26.2 Å². The predicted molar refractivity (Wildman–Crippen MR) is 88.9 cm³/mol. The van der Waals surface area contributed by atoms with Gasteiger partial charge in [0.1, 0.15) is 11.3 Å². The third kappa shape index (κ3) is 3.11. The molecule has 0 bridgehead atoms. The zero-order valence-electron chi connectivity index (χ0n) is 12.8. The number of hydrogen-bond donors (Lipinski definition) is 1. The van der Waals surface area contributed by atoms with Crippen LogP contribution in [0.1, 0.15) is 12.7 Å². The van der Waals surface area contributed by atoms with Gasteiger partial charge in [0.2, 0.25) is 0 Å². The number of fused-ring (bicyclic) bond motifs is 1. The highest BCUT2D eigenvalue weighted by molar-refractivity contribution is 5.89. The highest BCUT2D eigenvalue weighted by Crippen LogP contribution is 2.26. The van der Waals surface area contributed by atoms with Crippen molar-refractivity contribution in [2.45, 2.75) is 13.8 Å². The maximum absolute atomic E-state index is 11.7. The summed E-state index contributed by atoms with van der Waals surface area (Å²) < 4.78 is 5.05. The van der Waals surface area contributed by atoms with Crippen molar-refractivity contribution < 1.29 is 9.53 Å². The second kappa shape index (κ2) is 6.87. The summed E-state index contributed by atoms with van der Waals surface area (Å²) in [6, 6.07) is 6.16. The Hall–Kier alpha value is -1.95. The van der Waals surface area contributed by atoms with Crippen LogP contribution in [0.2, 0.25) is 0 Å². The topological polar surface area (TPSA) is 61.5 Å². The predicted octanol–water partition coefficient (Wildman–Crippen LogP) is 2.57. The van der Waals surface area contributed by atoms with Crippen LogP contribution < -0.4 is 4.90 Å². The number of rotatable bonds is 2. The molecule has 3 rings (SSSR count). The van der Waals surface area contributed by atoms with Crippen molar-refractivity contribution in [3.63, 3.8) is 0 Å².